The summed E-state index contributed by atoms with van der Waals surface area (Å²) in [4.78, 5) is 4.73. The molecule has 0 aromatic heterocycles. The zero-order valence-electron chi connectivity index (χ0n) is 14.6. The van der Waals surface area contributed by atoms with Gasteiger partial charge < -0.3 is 4.74 Å². The number of benzene rings is 2. The van der Waals surface area contributed by atoms with Crippen LogP contribution >= 0.6 is 7.92 Å². The van der Waals surface area contributed by atoms with E-state index >= 15 is 0 Å². The van der Waals surface area contributed by atoms with Crippen LogP contribution in [0.3, 0.4) is 0 Å². The van der Waals surface area contributed by atoms with Gasteiger partial charge in [-0.1, -0.05) is 74.5 Å². The molecule has 0 radical (unpaired) electrons. The fourth-order valence-corrected chi connectivity index (χ4v) is 5.28. The van der Waals surface area contributed by atoms with Crippen LogP contribution in [0, 0.1) is 5.92 Å². The van der Waals surface area contributed by atoms with Crippen molar-refractivity contribution in [3.8, 4) is 0 Å². The SMILES string of the molecule is CC(C)[C@H]1COC(CCCP(c2ccccc2)c2ccccc2)=N1. The number of aliphatic imine (C=N–C) groups is 1. The lowest BCUT2D eigenvalue weighted by Gasteiger charge is -2.18. The van der Waals surface area contributed by atoms with Gasteiger partial charge in [-0.15, -0.1) is 0 Å². The molecule has 1 aliphatic heterocycles. The molecule has 3 rings (SSSR count). The molecule has 0 spiro atoms. The smallest absolute Gasteiger partial charge is 0.183 e. The number of rotatable bonds is 7. The maximum absolute atomic E-state index is 5.78. The van der Waals surface area contributed by atoms with Crippen LogP contribution < -0.4 is 10.6 Å². The number of hydrogen-bond acceptors (Lipinski definition) is 2. The average Bonchev–Trinajstić information content (AvgIpc) is 3.09. The van der Waals surface area contributed by atoms with E-state index in [-0.39, 0.29) is 7.92 Å². The Morgan fingerprint density at radius 2 is 1.58 bits per heavy atom. The number of nitrogens with zero attached hydrogens (tertiary/aromatic N) is 1. The molecule has 0 fully saturated rings. The topological polar surface area (TPSA) is 21.6 Å². The van der Waals surface area contributed by atoms with Crippen molar-refractivity contribution in [3.63, 3.8) is 0 Å². The van der Waals surface area contributed by atoms with Crippen molar-refractivity contribution >= 4 is 24.4 Å². The summed E-state index contributed by atoms with van der Waals surface area (Å²) in [6, 6.07) is 22.2. The molecule has 0 N–H and O–H groups in total. The lowest BCUT2D eigenvalue weighted by molar-refractivity contribution is 0.285. The average molecular weight is 339 g/mol. The molecule has 0 saturated carbocycles. The monoisotopic (exact) mass is 339 g/mol. The van der Waals surface area contributed by atoms with E-state index in [2.05, 4.69) is 74.5 Å². The third kappa shape index (κ3) is 4.45. The first-order valence-electron chi connectivity index (χ1n) is 8.81. The second-order valence-electron chi connectivity index (χ2n) is 6.57. The third-order valence-corrected chi connectivity index (χ3v) is 7.01. The van der Waals surface area contributed by atoms with Crippen molar-refractivity contribution in [2.75, 3.05) is 12.8 Å². The largest absolute Gasteiger partial charge is 0.479 e. The maximum atomic E-state index is 5.78. The predicted octanol–water partition coefficient (Wildman–Crippen LogP) is 4.35. The number of hydrogen-bond donors (Lipinski definition) is 0. The Hall–Kier alpha value is -1.66. The summed E-state index contributed by atoms with van der Waals surface area (Å²) in [6.45, 7) is 5.19. The maximum Gasteiger partial charge on any atom is 0.183 e. The molecular weight excluding hydrogens is 313 g/mol. The van der Waals surface area contributed by atoms with E-state index < -0.39 is 0 Å². The van der Waals surface area contributed by atoms with Gasteiger partial charge in [0.2, 0.25) is 0 Å². The van der Waals surface area contributed by atoms with Gasteiger partial charge in [0.05, 0.1) is 6.04 Å². The molecule has 2 aromatic rings. The van der Waals surface area contributed by atoms with Gasteiger partial charge in [0.25, 0.3) is 0 Å². The lowest BCUT2D eigenvalue weighted by atomic mass is 10.1. The Balaban J connectivity index is 1.64. The molecule has 24 heavy (non-hydrogen) atoms. The fraction of sp³-hybridized carbons (Fsp3) is 0.381. The van der Waals surface area contributed by atoms with Gasteiger partial charge in [-0.25, -0.2) is 4.99 Å². The van der Waals surface area contributed by atoms with Crippen LogP contribution in [0.4, 0.5) is 0 Å². The van der Waals surface area contributed by atoms with Crippen molar-refractivity contribution in [1.29, 1.82) is 0 Å². The van der Waals surface area contributed by atoms with Crippen LogP contribution in [-0.2, 0) is 4.74 Å². The molecule has 1 atom stereocenters. The predicted molar refractivity (Wildman–Crippen MR) is 105 cm³/mol. The minimum absolute atomic E-state index is 0.305. The summed E-state index contributed by atoms with van der Waals surface area (Å²) in [5.74, 6) is 1.53. The van der Waals surface area contributed by atoms with Crippen LogP contribution in [-0.4, -0.2) is 24.7 Å². The highest BCUT2D eigenvalue weighted by atomic mass is 31.1. The normalized spacial score (nSPS) is 17.2. The molecule has 0 bridgehead atoms. The van der Waals surface area contributed by atoms with Crippen molar-refractivity contribution in [2.24, 2.45) is 10.9 Å². The van der Waals surface area contributed by atoms with Crippen LogP contribution in [0.2, 0.25) is 0 Å². The van der Waals surface area contributed by atoms with Gasteiger partial charge in [0, 0.05) is 6.42 Å². The van der Waals surface area contributed by atoms with Crippen molar-refractivity contribution in [2.45, 2.75) is 32.7 Å². The zero-order valence-corrected chi connectivity index (χ0v) is 15.5. The van der Waals surface area contributed by atoms with Gasteiger partial charge in [0.15, 0.2) is 5.90 Å². The van der Waals surface area contributed by atoms with E-state index in [0.29, 0.717) is 12.0 Å². The van der Waals surface area contributed by atoms with Crippen LogP contribution in [0.25, 0.3) is 0 Å². The molecule has 3 heteroatoms. The lowest BCUT2D eigenvalue weighted by Crippen LogP contribution is -2.14. The summed E-state index contributed by atoms with van der Waals surface area (Å²) >= 11 is 0. The van der Waals surface area contributed by atoms with E-state index in [1.54, 1.807) is 0 Å². The summed E-state index contributed by atoms with van der Waals surface area (Å²) in [5, 5.41) is 2.90. The molecule has 0 saturated heterocycles. The Bertz CT molecular complexity index is 615. The highest BCUT2D eigenvalue weighted by molar-refractivity contribution is 7.73. The molecule has 0 amide bonds. The van der Waals surface area contributed by atoms with Crippen molar-refractivity contribution in [1.82, 2.24) is 0 Å². The van der Waals surface area contributed by atoms with Gasteiger partial charge >= 0.3 is 0 Å². The highest BCUT2D eigenvalue weighted by Gasteiger charge is 2.22. The Morgan fingerprint density at radius 1 is 1.00 bits per heavy atom. The Kier molecular flexibility index (Phi) is 6.04. The van der Waals surface area contributed by atoms with E-state index in [4.69, 9.17) is 9.73 Å². The summed E-state index contributed by atoms with van der Waals surface area (Å²) in [7, 11) is -0.305. The molecule has 0 aliphatic carbocycles. The molecular formula is C21H26NOP. The molecule has 2 aromatic carbocycles. The molecule has 1 heterocycles. The minimum atomic E-state index is -0.305. The van der Waals surface area contributed by atoms with Gasteiger partial charge in [-0.05, 0) is 37.0 Å². The quantitative estimate of drug-likeness (QED) is 0.687. The van der Waals surface area contributed by atoms with Crippen LogP contribution in [0.1, 0.15) is 26.7 Å². The summed E-state index contributed by atoms with van der Waals surface area (Å²) in [6.07, 6.45) is 3.26. The van der Waals surface area contributed by atoms with Crippen molar-refractivity contribution < 1.29 is 4.74 Å². The Morgan fingerprint density at radius 3 is 2.08 bits per heavy atom. The van der Waals surface area contributed by atoms with Gasteiger partial charge in [-0.2, -0.15) is 0 Å². The van der Waals surface area contributed by atoms with E-state index in [0.717, 1.165) is 25.3 Å². The van der Waals surface area contributed by atoms with E-state index in [1.807, 2.05) is 0 Å². The van der Waals surface area contributed by atoms with E-state index in [9.17, 15) is 0 Å². The second kappa shape index (κ2) is 8.44. The minimum Gasteiger partial charge on any atom is -0.479 e. The molecule has 126 valence electrons. The standard InChI is InChI=1S/C21H26NOP/c1-17(2)20-16-23-21(22-20)14-9-15-24(18-10-5-3-6-11-18)19-12-7-4-8-13-19/h3-8,10-13,17,20H,9,14-16H2,1-2H3/t20-/m1/s1. The molecule has 0 unspecified atom stereocenters. The first-order chi connectivity index (χ1) is 11.7. The Labute approximate surface area is 146 Å². The summed E-state index contributed by atoms with van der Waals surface area (Å²) in [5.41, 5.74) is 0. The summed E-state index contributed by atoms with van der Waals surface area (Å²) < 4.78 is 5.78. The number of ether oxygens (including phenoxy) is 1. The fourth-order valence-electron chi connectivity index (χ4n) is 2.93. The molecule has 1 aliphatic rings. The van der Waals surface area contributed by atoms with Gasteiger partial charge in [-0.3, -0.25) is 0 Å². The second-order valence-corrected chi connectivity index (χ2v) is 8.91. The third-order valence-electron chi connectivity index (χ3n) is 4.41. The van der Waals surface area contributed by atoms with E-state index in [1.165, 1.54) is 16.8 Å². The van der Waals surface area contributed by atoms with Crippen LogP contribution in [0.5, 0.6) is 0 Å². The first kappa shape index (κ1) is 17.2. The van der Waals surface area contributed by atoms with Gasteiger partial charge in [0.1, 0.15) is 6.61 Å². The van der Waals surface area contributed by atoms with Crippen molar-refractivity contribution in [3.05, 3.63) is 60.7 Å². The molecule has 2 nitrogen and oxygen atoms in total. The van der Waals surface area contributed by atoms with Crippen LogP contribution in [0.15, 0.2) is 65.7 Å². The first-order valence-corrected chi connectivity index (χ1v) is 10.3. The highest BCUT2D eigenvalue weighted by Crippen LogP contribution is 2.34. The zero-order chi connectivity index (χ0) is 16.8.